The summed E-state index contributed by atoms with van der Waals surface area (Å²) in [4.78, 5) is 15.8. The number of rotatable bonds is 4. The van der Waals surface area contributed by atoms with Crippen molar-refractivity contribution >= 4 is 17.2 Å². The summed E-state index contributed by atoms with van der Waals surface area (Å²) in [5.74, 6) is -0.124. The van der Waals surface area contributed by atoms with Gasteiger partial charge in [0.25, 0.3) is 0 Å². The molecule has 1 aromatic carbocycles. The molecule has 0 aliphatic carbocycles. The summed E-state index contributed by atoms with van der Waals surface area (Å²) < 4.78 is 13.2. The van der Waals surface area contributed by atoms with Gasteiger partial charge in [-0.05, 0) is 47.5 Å². The van der Waals surface area contributed by atoms with E-state index >= 15 is 0 Å². The summed E-state index contributed by atoms with van der Waals surface area (Å²) in [6.07, 6.45) is 3.82. The van der Waals surface area contributed by atoms with E-state index in [1.54, 1.807) is 29.5 Å². The van der Waals surface area contributed by atoms with Crippen molar-refractivity contribution in [2.75, 3.05) is 6.54 Å². The number of allylic oxidation sites excluding steroid dienone is 1. The molecule has 1 atom stereocenters. The van der Waals surface area contributed by atoms with Gasteiger partial charge >= 0.3 is 0 Å². The van der Waals surface area contributed by atoms with Crippen LogP contribution in [0.5, 0.6) is 0 Å². The van der Waals surface area contributed by atoms with Crippen molar-refractivity contribution < 1.29 is 9.18 Å². The van der Waals surface area contributed by atoms with Crippen LogP contribution in [0.3, 0.4) is 0 Å². The summed E-state index contributed by atoms with van der Waals surface area (Å²) in [5, 5.41) is 2.07. The van der Waals surface area contributed by atoms with E-state index in [2.05, 4.69) is 18.0 Å². The highest BCUT2D eigenvalue weighted by Crippen LogP contribution is 2.38. The van der Waals surface area contributed by atoms with Crippen LogP contribution >= 0.6 is 11.3 Å². The molecule has 1 aliphatic heterocycles. The molecule has 0 bridgehead atoms. The van der Waals surface area contributed by atoms with Crippen molar-refractivity contribution in [3.8, 4) is 0 Å². The zero-order valence-electron chi connectivity index (χ0n) is 12.3. The van der Waals surface area contributed by atoms with E-state index in [0.717, 1.165) is 12.0 Å². The standard InChI is InChI=1S/C18H18FNOS/c1-2-3-4-17(21)20-11-9-16-15(10-12-22-16)18(20)13-5-7-14(19)8-6-13/h2,5-8,10,12,18H,1,3-4,9,11H2/t18-/m1/s1. The molecule has 4 heteroatoms. The summed E-state index contributed by atoms with van der Waals surface area (Å²) in [5.41, 5.74) is 2.14. The van der Waals surface area contributed by atoms with Crippen molar-refractivity contribution in [2.45, 2.75) is 25.3 Å². The molecule has 2 aromatic rings. The number of halogens is 1. The highest BCUT2D eigenvalue weighted by atomic mass is 32.1. The van der Waals surface area contributed by atoms with Crippen LogP contribution in [0.15, 0.2) is 48.4 Å². The van der Waals surface area contributed by atoms with Crippen molar-refractivity contribution in [3.05, 3.63) is 70.2 Å². The fraction of sp³-hybridized carbons (Fsp3) is 0.278. The SMILES string of the molecule is C=CCCC(=O)N1CCc2sccc2[C@H]1c1ccc(F)cc1. The summed E-state index contributed by atoms with van der Waals surface area (Å²) in [6, 6.07) is 8.46. The van der Waals surface area contributed by atoms with Gasteiger partial charge in [-0.25, -0.2) is 4.39 Å². The lowest BCUT2D eigenvalue weighted by Crippen LogP contribution is -2.39. The normalized spacial score (nSPS) is 17.1. The molecule has 0 N–H and O–H groups in total. The van der Waals surface area contributed by atoms with Gasteiger partial charge in [-0.2, -0.15) is 0 Å². The van der Waals surface area contributed by atoms with E-state index in [1.807, 2.05) is 4.90 Å². The van der Waals surface area contributed by atoms with Gasteiger partial charge in [-0.3, -0.25) is 4.79 Å². The molecule has 1 aliphatic rings. The van der Waals surface area contributed by atoms with Gasteiger partial charge in [0.05, 0.1) is 6.04 Å². The molecule has 0 spiro atoms. The van der Waals surface area contributed by atoms with Crippen LogP contribution in [0.25, 0.3) is 0 Å². The van der Waals surface area contributed by atoms with Crippen molar-refractivity contribution in [1.82, 2.24) is 4.90 Å². The van der Waals surface area contributed by atoms with Gasteiger partial charge in [0.15, 0.2) is 0 Å². The first-order valence-corrected chi connectivity index (χ1v) is 8.30. The van der Waals surface area contributed by atoms with Crippen LogP contribution in [0.4, 0.5) is 4.39 Å². The number of hydrogen-bond acceptors (Lipinski definition) is 2. The van der Waals surface area contributed by atoms with Gasteiger partial charge in [0, 0.05) is 17.8 Å². The van der Waals surface area contributed by atoms with Gasteiger partial charge in [-0.1, -0.05) is 18.2 Å². The maximum Gasteiger partial charge on any atom is 0.223 e. The number of carbonyl (C=O) groups is 1. The Kier molecular flexibility index (Phi) is 4.39. The topological polar surface area (TPSA) is 20.3 Å². The highest BCUT2D eigenvalue weighted by Gasteiger charge is 2.32. The molecule has 0 saturated carbocycles. The molecule has 22 heavy (non-hydrogen) atoms. The third-order valence-corrected chi connectivity index (χ3v) is 5.03. The predicted molar refractivity (Wildman–Crippen MR) is 87.4 cm³/mol. The molecule has 0 saturated heterocycles. The fourth-order valence-electron chi connectivity index (χ4n) is 2.96. The van der Waals surface area contributed by atoms with Gasteiger partial charge in [0.2, 0.25) is 5.91 Å². The van der Waals surface area contributed by atoms with Crippen LogP contribution in [-0.4, -0.2) is 17.4 Å². The molecule has 114 valence electrons. The number of thiophene rings is 1. The third-order valence-electron chi connectivity index (χ3n) is 4.03. The summed E-state index contributed by atoms with van der Waals surface area (Å²) >= 11 is 1.73. The molecular formula is C18H18FNOS. The lowest BCUT2D eigenvalue weighted by atomic mass is 9.93. The number of benzene rings is 1. The first-order valence-electron chi connectivity index (χ1n) is 7.43. The molecular weight excluding hydrogens is 297 g/mol. The Morgan fingerprint density at radius 2 is 2.14 bits per heavy atom. The lowest BCUT2D eigenvalue weighted by Gasteiger charge is -2.36. The maximum atomic E-state index is 13.2. The van der Waals surface area contributed by atoms with E-state index in [9.17, 15) is 9.18 Å². The Morgan fingerprint density at radius 3 is 2.86 bits per heavy atom. The smallest absolute Gasteiger partial charge is 0.223 e. The van der Waals surface area contributed by atoms with Gasteiger partial charge in [-0.15, -0.1) is 17.9 Å². The van der Waals surface area contributed by atoms with Crippen LogP contribution in [0.1, 0.15) is 34.9 Å². The van der Waals surface area contributed by atoms with E-state index in [-0.39, 0.29) is 17.8 Å². The molecule has 0 radical (unpaired) electrons. The second-order valence-electron chi connectivity index (χ2n) is 5.42. The Labute approximate surface area is 133 Å². The zero-order valence-corrected chi connectivity index (χ0v) is 13.1. The van der Waals surface area contributed by atoms with Crippen molar-refractivity contribution in [1.29, 1.82) is 0 Å². The Balaban J connectivity index is 1.97. The lowest BCUT2D eigenvalue weighted by molar-refractivity contribution is -0.133. The molecule has 2 heterocycles. The molecule has 1 aromatic heterocycles. The minimum Gasteiger partial charge on any atom is -0.331 e. The largest absolute Gasteiger partial charge is 0.331 e. The van der Waals surface area contributed by atoms with E-state index in [1.165, 1.54) is 22.6 Å². The molecule has 2 nitrogen and oxygen atoms in total. The van der Waals surface area contributed by atoms with Crippen molar-refractivity contribution in [2.24, 2.45) is 0 Å². The predicted octanol–water partition coefficient (Wildman–Crippen LogP) is 4.33. The first-order chi connectivity index (χ1) is 10.7. The molecule has 1 amide bonds. The molecule has 3 rings (SSSR count). The molecule has 0 fully saturated rings. The second-order valence-corrected chi connectivity index (χ2v) is 6.42. The van der Waals surface area contributed by atoms with Gasteiger partial charge < -0.3 is 4.90 Å². The average molecular weight is 315 g/mol. The number of nitrogens with zero attached hydrogens (tertiary/aromatic N) is 1. The van der Waals surface area contributed by atoms with E-state index in [4.69, 9.17) is 0 Å². The maximum absolute atomic E-state index is 13.2. The molecule has 0 unspecified atom stereocenters. The highest BCUT2D eigenvalue weighted by molar-refractivity contribution is 7.10. The van der Waals surface area contributed by atoms with Crippen LogP contribution in [0.2, 0.25) is 0 Å². The number of amides is 1. The zero-order chi connectivity index (χ0) is 15.5. The van der Waals surface area contributed by atoms with Crippen molar-refractivity contribution in [3.63, 3.8) is 0 Å². The Hall–Kier alpha value is -1.94. The van der Waals surface area contributed by atoms with E-state index in [0.29, 0.717) is 19.4 Å². The monoisotopic (exact) mass is 315 g/mol. The number of hydrogen-bond donors (Lipinski definition) is 0. The summed E-state index contributed by atoms with van der Waals surface area (Å²) in [6.45, 7) is 4.40. The number of carbonyl (C=O) groups excluding carboxylic acids is 1. The Bertz CT molecular complexity index is 677. The first kappa shape index (κ1) is 15.0. The van der Waals surface area contributed by atoms with Gasteiger partial charge in [0.1, 0.15) is 5.82 Å². The second kappa shape index (κ2) is 6.44. The minimum atomic E-state index is -0.255. The van der Waals surface area contributed by atoms with Crippen LogP contribution < -0.4 is 0 Å². The van der Waals surface area contributed by atoms with Crippen LogP contribution in [0, 0.1) is 5.82 Å². The average Bonchev–Trinajstić information content (AvgIpc) is 3.01. The van der Waals surface area contributed by atoms with Crippen LogP contribution in [-0.2, 0) is 11.2 Å². The summed E-state index contributed by atoms with van der Waals surface area (Å²) in [7, 11) is 0. The minimum absolute atomic E-state index is 0.104. The third kappa shape index (κ3) is 2.83. The fourth-order valence-corrected chi connectivity index (χ4v) is 3.86. The Morgan fingerprint density at radius 1 is 1.36 bits per heavy atom. The van der Waals surface area contributed by atoms with E-state index < -0.39 is 0 Å². The quantitative estimate of drug-likeness (QED) is 0.769. The number of fused-ring (bicyclic) bond motifs is 1.